The zero-order chi connectivity index (χ0) is 16.9. The van der Waals surface area contributed by atoms with Crippen LogP contribution in [0.4, 0.5) is 5.13 Å². The molecule has 1 amide bonds. The molecule has 7 heteroatoms. The van der Waals surface area contributed by atoms with E-state index < -0.39 is 0 Å². The molecular weight excluding hydrogens is 324 g/mol. The van der Waals surface area contributed by atoms with E-state index >= 15 is 0 Å². The quantitative estimate of drug-likeness (QED) is 0.868. The number of anilines is 1. The first kappa shape index (κ1) is 17.0. The molecule has 1 saturated heterocycles. The Morgan fingerprint density at radius 2 is 2.42 bits per heavy atom. The average Bonchev–Trinajstić information content (AvgIpc) is 3.24. The van der Waals surface area contributed by atoms with Crippen LogP contribution in [0.3, 0.4) is 0 Å². The maximum atomic E-state index is 12.5. The van der Waals surface area contributed by atoms with Crippen LogP contribution >= 0.6 is 11.3 Å². The van der Waals surface area contributed by atoms with Crippen LogP contribution in [-0.4, -0.2) is 43.0 Å². The number of hydrogen-bond acceptors (Lipinski definition) is 6. The molecule has 1 aliphatic heterocycles. The molecule has 0 spiro atoms. The number of thiazole rings is 1. The van der Waals surface area contributed by atoms with Crippen molar-refractivity contribution in [2.24, 2.45) is 5.92 Å². The molecule has 0 bridgehead atoms. The van der Waals surface area contributed by atoms with Crippen molar-refractivity contribution in [3.8, 4) is 0 Å². The second-order valence-electron chi connectivity index (χ2n) is 6.39. The van der Waals surface area contributed by atoms with Gasteiger partial charge in [-0.15, -0.1) is 11.3 Å². The number of aromatic nitrogens is 1. The van der Waals surface area contributed by atoms with Crippen LogP contribution < -0.4 is 10.2 Å². The maximum absolute atomic E-state index is 12.5. The molecule has 1 aliphatic rings. The molecule has 2 aromatic heterocycles. The number of carbonyl (C=O) groups excluding carboxylic acids is 1. The fourth-order valence-corrected chi connectivity index (χ4v) is 3.70. The number of furan rings is 1. The minimum Gasteiger partial charge on any atom is -0.468 e. The molecule has 1 N–H and O–H groups in total. The Kier molecular flexibility index (Phi) is 5.52. The highest BCUT2D eigenvalue weighted by atomic mass is 32.1. The number of piperidine rings is 1. The van der Waals surface area contributed by atoms with Crippen LogP contribution in [0.1, 0.15) is 24.3 Å². The van der Waals surface area contributed by atoms with Gasteiger partial charge < -0.3 is 14.6 Å². The lowest BCUT2D eigenvalue weighted by Gasteiger charge is -2.31. The lowest BCUT2D eigenvalue weighted by molar-refractivity contribution is -0.127. The molecule has 0 aliphatic carbocycles. The minimum absolute atomic E-state index is 0.0423. The van der Waals surface area contributed by atoms with E-state index in [2.05, 4.69) is 15.2 Å². The zero-order valence-electron chi connectivity index (χ0n) is 14.2. The molecule has 130 valence electrons. The Bertz CT molecular complexity index is 653. The molecule has 1 unspecified atom stereocenters. The highest BCUT2D eigenvalue weighted by molar-refractivity contribution is 7.13. The third-order valence-corrected chi connectivity index (χ3v) is 5.26. The van der Waals surface area contributed by atoms with Crippen LogP contribution in [0.2, 0.25) is 0 Å². The summed E-state index contributed by atoms with van der Waals surface area (Å²) in [5.74, 6) is 1.12. The molecule has 1 fully saturated rings. The standard InChI is InChI=1S/C17H24N4O2S/c1-20(2)17-19-14(12-24-17)9-18-16(22)13-5-3-7-21(10-13)11-15-6-4-8-23-15/h4,6,8,12-13H,3,5,7,9-11H2,1-2H3,(H,18,22). The number of amides is 1. The van der Waals surface area contributed by atoms with E-state index in [1.165, 1.54) is 0 Å². The number of nitrogens with one attached hydrogen (secondary N) is 1. The van der Waals surface area contributed by atoms with Crippen molar-refractivity contribution in [3.63, 3.8) is 0 Å². The van der Waals surface area contributed by atoms with Gasteiger partial charge in [0.1, 0.15) is 5.76 Å². The second kappa shape index (κ2) is 7.81. The third-order valence-electron chi connectivity index (χ3n) is 4.20. The molecule has 3 rings (SSSR count). The van der Waals surface area contributed by atoms with Crippen LogP contribution in [0.25, 0.3) is 0 Å². The normalized spacial score (nSPS) is 18.5. The van der Waals surface area contributed by atoms with Gasteiger partial charge in [-0.2, -0.15) is 0 Å². The van der Waals surface area contributed by atoms with Gasteiger partial charge in [-0.05, 0) is 31.5 Å². The highest BCUT2D eigenvalue weighted by Crippen LogP contribution is 2.20. The summed E-state index contributed by atoms with van der Waals surface area (Å²) in [5.41, 5.74) is 0.917. The third kappa shape index (κ3) is 4.36. The first-order chi connectivity index (χ1) is 11.6. The second-order valence-corrected chi connectivity index (χ2v) is 7.22. The molecule has 2 aromatic rings. The van der Waals surface area contributed by atoms with E-state index in [1.54, 1.807) is 17.6 Å². The molecule has 0 saturated carbocycles. The van der Waals surface area contributed by atoms with E-state index in [-0.39, 0.29) is 11.8 Å². The van der Waals surface area contributed by atoms with Crippen LogP contribution in [-0.2, 0) is 17.9 Å². The Labute approximate surface area is 146 Å². The van der Waals surface area contributed by atoms with Crippen molar-refractivity contribution in [2.75, 3.05) is 32.1 Å². The van der Waals surface area contributed by atoms with Gasteiger partial charge in [0.05, 0.1) is 31.0 Å². The summed E-state index contributed by atoms with van der Waals surface area (Å²) in [6.07, 6.45) is 3.68. The Hall–Kier alpha value is -1.86. The van der Waals surface area contributed by atoms with Gasteiger partial charge >= 0.3 is 0 Å². The van der Waals surface area contributed by atoms with Gasteiger partial charge in [0, 0.05) is 26.0 Å². The van der Waals surface area contributed by atoms with E-state index in [0.717, 1.165) is 49.1 Å². The summed E-state index contributed by atoms with van der Waals surface area (Å²) in [6.45, 7) is 3.07. The number of carbonyl (C=O) groups is 1. The first-order valence-electron chi connectivity index (χ1n) is 8.26. The summed E-state index contributed by atoms with van der Waals surface area (Å²) in [6, 6.07) is 3.88. The van der Waals surface area contributed by atoms with Gasteiger partial charge in [-0.25, -0.2) is 4.98 Å². The van der Waals surface area contributed by atoms with Gasteiger partial charge in [-0.3, -0.25) is 9.69 Å². The van der Waals surface area contributed by atoms with Crippen molar-refractivity contribution in [3.05, 3.63) is 35.2 Å². The van der Waals surface area contributed by atoms with Crippen molar-refractivity contribution in [1.82, 2.24) is 15.2 Å². The topological polar surface area (TPSA) is 61.6 Å². The lowest BCUT2D eigenvalue weighted by atomic mass is 9.97. The van der Waals surface area contributed by atoms with Crippen LogP contribution in [0.5, 0.6) is 0 Å². The fourth-order valence-electron chi connectivity index (χ4n) is 2.94. The molecule has 0 aromatic carbocycles. The molecule has 6 nitrogen and oxygen atoms in total. The summed E-state index contributed by atoms with van der Waals surface area (Å²) in [5, 5.41) is 6.00. The Morgan fingerprint density at radius 1 is 1.54 bits per heavy atom. The predicted molar refractivity (Wildman–Crippen MR) is 95.0 cm³/mol. The number of rotatable bonds is 6. The lowest BCUT2D eigenvalue weighted by Crippen LogP contribution is -2.42. The molecule has 1 atom stereocenters. The van der Waals surface area contributed by atoms with E-state index in [0.29, 0.717) is 6.54 Å². The van der Waals surface area contributed by atoms with Gasteiger partial charge in [-0.1, -0.05) is 0 Å². The fraction of sp³-hybridized carbons (Fsp3) is 0.529. The summed E-state index contributed by atoms with van der Waals surface area (Å²) >= 11 is 1.59. The summed E-state index contributed by atoms with van der Waals surface area (Å²) in [7, 11) is 3.94. The molecule has 24 heavy (non-hydrogen) atoms. The van der Waals surface area contributed by atoms with E-state index in [9.17, 15) is 4.79 Å². The van der Waals surface area contributed by atoms with Gasteiger partial charge in [0.15, 0.2) is 5.13 Å². The monoisotopic (exact) mass is 348 g/mol. The van der Waals surface area contributed by atoms with Crippen molar-refractivity contribution in [2.45, 2.75) is 25.9 Å². The largest absolute Gasteiger partial charge is 0.468 e. The number of hydrogen-bond donors (Lipinski definition) is 1. The van der Waals surface area contributed by atoms with E-state index in [4.69, 9.17) is 4.42 Å². The predicted octanol–water partition coefficient (Wildman–Crippen LogP) is 2.33. The summed E-state index contributed by atoms with van der Waals surface area (Å²) in [4.78, 5) is 21.2. The Morgan fingerprint density at radius 3 is 3.12 bits per heavy atom. The number of nitrogens with zero attached hydrogens (tertiary/aromatic N) is 3. The van der Waals surface area contributed by atoms with Crippen molar-refractivity contribution < 1.29 is 9.21 Å². The van der Waals surface area contributed by atoms with E-state index in [1.807, 2.05) is 36.5 Å². The molecular formula is C17H24N4O2S. The van der Waals surface area contributed by atoms with Crippen molar-refractivity contribution in [1.29, 1.82) is 0 Å². The smallest absolute Gasteiger partial charge is 0.224 e. The molecule has 3 heterocycles. The minimum atomic E-state index is 0.0423. The number of likely N-dealkylation sites (tertiary alicyclic amines) is 1. The van der Waals surface area contributed by atoms with Crippen molar-refractivity contribution >= 4 is 22.4 Å². The van der Waals surface area contributed by atoms with Crippen LogP contribution in [0.15, 0.2) is 28.2 Å². The SMILES string of the molecule is CN(C)c1nc(CNC(=O)C2CCCN(Cc3ccco3)C2)cs1. The average molecular weight is 348 g/mol. The van der Waals surface area contributed by atoms with Crippen LogP contribution in [0, 0.1) is 5.92 Å². The maximum Gasteiger partial charge on any atom is 0.224 e. The molecule has 0 radical (unpaired) electrons. The Balaban J connectivity index is 1.48. The first-order valence-corrected chi connectivity index (χ1v) is 9.14. The van der Waals surface area contributed by atoms with Gasteiger partial charge in [0.2, 0.25) is 5.91 Å². The zero-order valence-corrected chi connectivity index (χ0v) is 15.0. The summed E-state index contributed by atoms with van der Waals surface area (Å²) < 4.78 is 5.41. The van der Waals surface area contributed by atoms with Gasteiger partial charge in [0.25, 0.3) is 0 Å². The highest BCUT2D eigenvalue weighted by Gasteiger charge is 2.26.